The highest BCUT2D eigenvalue weighted by Crippen LogP contribution is 2.35. The van der Waals surface area contributed by atoms with Crippen LogP contribution < -0.4 is 0 Å². The quantitative estimate of drug-likeness (QED) is 0.131. The maximum absolute atomic E-state index is 4.90. The van der Waals surface area contributed by atoms with Crippen molar-refractivity contribution in [1.29, 1.82) is 0 Å². The smallest absolute Gasteiger partial charge is 0.165 e. The van der Waals surface area contributed by atoms with Crippen LogP contribution in [-0.2, 0) is 6.42 Å². The number of allylic oxidation sites excluding steroid dienone is 1. The van der Waals surface area contributed by atoms with E-state index in [0.717, 1.165) is 45.4 Å². The first-order valence-electron chi connectivity index (χ1n) is 19.0. The molecule has 9 aromatic rings. The second kappa shape index (κ2) is 16.0. The molecule has 0 aliphatic carbocycles. The molecule has 9 rings (SSSR count). The summed E-state index contributed by atoms with van der Waals surface area (Å²) in [5.41, 5.74) is 15.4. The summed E-state index contributed by atoms with van der Waals surface area (Å²) >= 11 is 0. The van der Waals surface area contributed by atoms with Crippen molar-refractivity contribution in [2.45, 2.75) is 6.42 Å². The summed E-state index contributed by atoms with van der Waals surface area (Å²) < 4.78 is 0. The number of rotatable bonds is 10. The minimum atomic E-state index is 0.559. The third-order valence-electron chi connectivity index (χ3n) is 10.1. The van der Waals surface area contributed by atoms with Gasteiger partial charge in [0.15, 0.2) is 17.5 Å². The maximum atomic E-state index is 4.90. The van der Waals surface area contributed by atoms with Gasteiger partial charge >= 0.3 is 0 Å². The van der Waals surface area contributed by atoms with Crippen molar-refractivity contribution in [3.05, 3.63) is 213 Å². The molecule has 0 bridgehead atoms. The Morgan fingerprint density at radius 2 is 0.702 bits per heavy atom. The average Bonchev–Trinajstić information content (AvgIpc) is 3.30. The van der Waals surface area contributed by atoms with Crippen LogP contribution in [0.4, 0.5) is 0 Å². The fourth-order valence-corrected chi connectivity index (χ4v) is 7.08. The normalized spacial score (nSPS) is 10.9. The van der Waals surface area contributed by atoms with Gasteiger partial charge in [-0.05, 0) is 122 Å². The predicted molar refractivity (Wildman–Crippen MR) is 233 cm³/mol. The Morgan fingerprint density at radius 3 is 1.19 bits per heavy atom. The number of hydrogen-bond donors (Lipinski definition) is 0. The molecule has 0 aliphatic heterocycles. The number of benzene rings is 6. The van der Waals surface area contributed by atoms with Crippen LogP contribution in [0.2, 0.25) is 0 Å². The zero-order valence-corrected chi connectivity index (χ0v) is 31.2. The highest BCUT2D eigenvalue weighted by molar-refractivity contribution is 5.83. The van der Waals surface area contributed by atoms with Crippen molar-refractivity contribution in [1.82, 2.24) is 24.9 Å². The van der Waals surface area contributed by atoms with Gasteiger partial charge in [-0.15, -0.1) is 6.58 Å². The van der Waals surface area contributed by atoms with E-state index in [9.17, 15) is 0 Å². The first kappa shape index (κ1) is 35.1. The standard InChI is InChI=1S/C52H37N5/c1-2-10-36-19-21-39(22-20-36)48-31-47(37-11-4-3-5-12-37)32-49(33-48)40-25-23-38(24-26-40)41-13-6-14-42(29-41)43-15-7-16-44(30-43)50-55-51(45-17-8-27-53-34-45)57-52(56-50)46-18-9-28-54-35-46/h2-9,11-35H,1,10H2. The van der Waals surface area contributed by atoms with Crippen LogP contribution >= 0.6 is 0 Å². The van der Waals surface area contributed by atoms with E-state index in [1.165, 1.54) is 38.9 Å². The Labute approximate surface area is 332 Å². The molecule has 0 radical (unpaired) electrons. The van der Waals surface area contributed by atoms with Crippen LogP contribution in [0.3, 0.4) is 0 Å². The molecule has 0 unspecified atom stereocenters. The van der Waals surface area contributed by atoms with Crippen molar-refractivity contribution in [2.24, 2.45) is 0 Å². The van der Waals surface area contributed by atoms with Gasteiger partial charge in [0.05, 0.1) is 0 Å². The minimum absolute atomic E-state index is 0.559. The molecule has 270 valence electrons. The van der Waals surface area contributed by atoms with Crippen molar-refractivity contribution in [2.75, 3.05) is 0 Å². The molecule has 0 N–H and O–H groups in total. The summed E-state index contributed by atoms with van der Waals surface area (Å²) in [7, 11) is 0. The van der Waals surface area contributed by atoms with E-state index in [1.807, 2.05) is 36.4 Å². The zero-order chi connectivity index (χ0) is 38.4. The Bertz CT molecular complexity index is 2740. The molecular weight excluding hydrogens is 695 g/mol. The molecule has 0 aliphatic rings. The van der Waals surface area contributed by atoms with E-state index in [1.54, 1.807) is 24.8 Å². The van der Waals surface area contributed by atoms with Gasteiger partial charge in [0, 0.05) is 41.5 Å². The van der Waals surface area contributed by atoms with E-state index >= 15 is 0 Å². The zero-order valence-electron chi connectivity index (χ0n) is 31.2. The molecule has 3 heterocycles. The topological polar surface area (TPSA) is 64.5 Å². The van der Waals surface area contributed by atoms with Crippen molar-refractivity contribution < 1.29 is 0 Å². The van der Waals surface area contributed by atoms with Crippen LogP contribution in [-0.4, -0.2) is 24.9 Å². The van der Waals surface area contributed by atoms with Gasteiger partial charge in [-0.3, -0.25) is 9.97 Å². The highest BCUT2D eigenvalue weighted by atomic mass is 15.0. The van der Waals surface area contributed by atoms with Gasteiger partial charge < -0.3 is 0 Å². The maximum Gasteiger partial charge on any atom is 0.165 e. The highest BCUT2D eigenvalue weighted by Gasteiger charge is 2.14. The summed E-state index contributed by atoms with van der Waals surface area (Å²) in [5.74, 6) is 1.70. The predicted octanol–water partition coefficient (Wildman–Crippen LogP) is 12.7. The fraction of sp³-hybridized carbons (Fsp3) is 0.0192. The molecule has 0 amide bonds. The lowest BCUT2D eigenvalue weighted by atomic mass is 9.92. The summed E-state index contributed by atoms with van der Waals surface area (Å²) in [5, 5.41) is 0. The molecule has 0 atom stereocenters. The Kier molecular flexibility index (Phi) is 9.85. The van der Waals surface area contributed by atoms with E-state index in [2.05, 4.69) is 156 Å². The second-order valence-electron chi connectivity index (χ2n) is 13.9. The van der Waals surface area contributed by atoms with E-state index in [-0.39, 0.29) is 0 Å². The number of nitrogens with zero attached hydrogens (tertiary/aromatic N) is 5. The molecule has 0 saturated heterocycles. The van der Waals surface area contributed by atoms with Gasteiger partial charge in [0.25, 0.3) is 0 Å². The third kappa shape index (κ3) is 7.81. The average molecular weight is 732 g/mol. The molecule has 0 fully saturated rings. The lowest BCUT2D eigenvalue weighted by molar-refractivity contribution is 1.07. The summed E-state index contributed by atoms with van der Waals surface area (Å²) in [6.45, 7) is 3.90. The summed E-state index contributed by atoms with van der Waals surface area (Å²) in [4.78, 5) is 23.2. The summed E-state index contributed by atoms with van der Waals surface area (Å²) in [6, 6.07) is 59.9. The molecule has 57 heavy (non-hydrogen) atoms. The molecule has 5 nitrogen and oxygen atoms in total. The van der Waals surface area contributed by atoms with E-state index in [0.29, 0.717) is 17.5 Å². The van der Waals surface area contributed by atoms with Crippen molar-refractivity contribution >= 4 is 0 Å². The number of pyridine rings is 2. The lowest BCUT2D eigenvalue weighted by Gasteiger charge is -2.13. The lowest BCUT2D eigenvalue weighted by Crippen LogP contribution is -2.00. The van der Waals surface area contributed by atoms with Crippen LogP contribution in [0.25, 0.3) is 89.8 Å². The fourth-order valence-electron chi connectivity index (χ4n) is 7.08. The molecular formula is C52H37N5. The van der Waals surface area contributed by atoms with Crippen LogP contribution in [0.5, 0.6) is 0 Å². The van der Waals surface area contributed by atoms with Gasteiger partial charge in [-0.2, -0.15) is 0 Å². The molecule has 6 aromatic carbocycles. The van der Waals surface area contributed by atoms with E-state index in [4.69, 9.17) is 15.0 Å². The van der Waals surface area contributed by atoms with Gasteiger partial charge in [0.2, 0.25) is 0 Å². The van der Waals surface area contributed by atoms with Crippen LogP contribution in [0.15, 0.2) is 207 Å². The van der Waals surface area contributed by atoms with Crippen molar-refractivity contribution in [3.63, 3.8) is 0 Å². The monoisotopic (exact) mass is 731 g/mol. The Hall–Kier alpha value is -7.63. The second-order valence-corrected chi connectivity index (χ2v) is 13.9. The van der Waals surface area contributed by atoms with Crippen molar-refractivity contribution in [3.8, 4) is 89.8 Å². The molecule has 5 heteroatoms. The van der Waals surface area contributed by atoms with Gasteiger partial charge in [-0.1, -0.05) is 121 Å². The SMILES string of the molecule is C=CCc1ccc(-c2cc(-c3ccccc3)cc(-c3ccc(-c4cccc(-c5cccc(-c6nc(-c7cccnc7)nc(-c7cccnc7)n6)c5)c4)cc3)c2)cc1. The van der Waals surface area contributed by atoms with Gasteiger partial charge in [-0.25, -0.2) is 15.0 Å². The first-order valence-corrected chi connectivity index (χ1v) is 19.0. The Morgan fingerprint density at radius 1 is 0.333 bits per heavy atom. The number of hydrogen-bond acceptors (Lipinski definition) is 5. The Balaban J connectivity index is 1.03. The largest absolute Gasteiger partial charge is 0.264 e. The third-order valence-corrected chi connectivity index (χ3v) is 10.1. The number of aromatic nitrogens is 5. The molecule has 0 spiro atoms. The molecule has 3 aromatic heterocycles. The molecule has 0 saturated carbocycles. The summed E-state index contributed by atoms with van der Waals surface area (Å²) in [6.07, 6.45) is 9.83. The van der Waals surface area contributed by atoms with Crippen LogP contribution in [0.1, 0.15) is 5.56 Å². The van der Waals surface area contributed by atoms with Gasteiger partial charge in [0.1, 0.15) is 0 Å². The van der Waals surface area contributed by atoms with Crippen LogP contribution in [0, 0.1) is 0 Å². The minimum Gasteiger partial charge on any atom is -0.264 e. The first-order chi connectivity index (χ1) is 28.2. The van der Waals surface area contributed by atoms with E-state index < -0.39 is 0 Å².